The molecule has 0 aromatic carbocycles. The van der Waals surface area contributed by atoms with Gasteiger partial charge in [0.05, 0.1) is 18.0 Å². The van der Waals surface area contributed by atoms with Crippen LogP contribution in [0.1, 0.15) is 6.92 Å². The number of thiophene rings is 1. The third kappa shape index (κ3) is 2.17. The second-order valence-corrected chi connectivity index (χ2v) is 4.69. The summed E-state index contributed by atoms with van der Waals surface area (Å²) in [5.74, 6) is 6.50. The lowest BCUT2D eigenvalue weighted by Gasteiger charge is -2.25. The molecule has 0 aliphatic heterocycles. The highest BCUT2D eigenvalue weighted by molar-refractivity contribution is 7.16. The Bertz CT molecular complexity index is 514. The van der Waals surface area contributed by atoms with E-state index in [1.54, 1.807) is 0 Å². The molecular formula is C10H15N5OS. The molecule has 2 aromatic heterocycles. The summed E-state index contributed by atoms with van der Waals surface area (Å²) in [6.07, 6.45) is 0. The molecule has 6 nitrogen and oxygen atoms in total. The summed E-state index contributed by atoms with van der Waals surface area (Å²) in [5, 5.41) is 12.1. The van der Waals surface area contributed by atoms with E-state index in [4.69, 9.17) is 5.84 Å². The monoisotopic (exact) mass is 253 g/mol. The Hall–Kier alpha value is -1.44. The van der Waals surface area contributed by atoms with Crippen LogP contribution in [-0.4, -0.2) is 34.8 Å². The minimum atomic E-state index is -0.0152. The van der Waals surface area contributed by atoms with Crippen LogP contribution in [0.5, 0.6) is 0 Å². The van der Waals surface area contributed by atoms with Crippen LogP contribution in [0.15, 0.2) is 11.4 Å². The van der Waals surface area contributed by atoms with Crippen molar-refractivity contribution in [2.24, 2.45) is 5.84 Å². The Morgan fingerprint density at radius 2 is 2.35 bits per heavy atom. The van der Waals surface area contributed by atoms with E-state index < -0.39 is 0 Å². The molecule has 0 aliphatic carbocycles. The van der Waals surface area contributed by atoms with Crippen LogP contribution in [0, 0.1) is 0 Å². The molecule has 92 valence electrons. The van der Waals surface area contributed by atoms with Gasteiger partial charge in [-0.15, -0.1) is 11.3 Å². The van der Waals surface area contributed by atoms with E-state index in [9.17, 15) is 5.11 Å². The zero-order valence-electron chi connectivity index (χ0n) is 9.71. The van der Waals surface area contributed by atoms with Crippen LogP contribution >= 0.6 is 11.3 Å². The van der Waals surface area contributed by atoms with Gasteiger partial charge in [0, 0.05) is 7.05 Å². The first-order chi connectivity index (χ1) is 8.17. The first kappa shape index (κ1) is 12.0. The van der Waals surface area contributed by atoms with Gasteiger partial charge < -0.3 is 10.0 Å². The Balaban J connectivity index is 2.53. The number of rotatable bonds is 4. The number of nitrogens with two attached hydrogens (primary N) is 1. The number of nitrogen functional groups attached to an aromatic ring is 1. The summed E-state index contributed by atoms with van der Waals surface area (Å²) >= 11 is 1.53. The quantitative estimate of drug-likeness (QED) is 0.551. The van der Waals surface area contributed by atoms with Crippen LogP contribution in [-0.2, 0) is 0 Å². The Kier molecular flexibility index (Phi) is 3.41. The Morgan fingerprint density at radius 1 is 1.59 bits per heavy atom. The molecule has 1 unspecified atom stereocenters. The van der Waals surface area contributed by atoms with E-state index in [-0.39, 0.29) is 12.6 Å². The fourth-order valence-electron chi connectivity index (χ4n) is 1.50. The zero-order chi connectivity index (χ0) is 12.4. The second kappa shape index (κ2) is 4.82. The predicted octanol–water partition coefficient (Wildman–Crippen LogP) is 0.794. The predicted molar refractivity (Wildman–Crippen MR) is 70.2 cm³/mol. The lowest BCUT2D eigenvalue weighted by atomic mass is 10.3. The molecule has 0 saturated heterocycles. The molecule has 2 aromatic rings. The molecule has 0 bridgehead atoms. The van der Waals surface area contributed by atoms with Crippen LogP contribution in [0.4, 0.5) is 11.8 Å². The first-order valence-corrected chi connectivity index (χ1v) is 6.11. The van der Waals surface area contributed by atoms with E-state index in [1.807, 2.05) is 30.3 Å². The van der Waals surface area contributed by atoms with Gasteiger partial charge in [-0.2, -0.15) is 4.98 Å². The van der Waals surface area contributed by atoms with E-state index in [2.05, 4.69) is 15.4 Å². The van der Waals surface area contributed by atoms with Crippen molar-refractivity contribution < 1.29 is 5.11 Å². The maximum atomic E-state index is 9.19. The normalized spacial score (nSPS) is 12.7. The molecule has 0 saturated carbocycles. The Labute approximate surface area is 103 Å². The number of nitrogens with one attached hydrogen (secondary N) is 1. The van der Waals surface area contributed by atoms with Gasteiger partial charge >= 0.3 is 0 Å². The van der Waals surface area contributed by atoms with Crippen molar-refractivity contribution >= 4 is 33.3 Å². The van der Waals surface area contributed by atoms with Gasteiger partial charge in [-0.05, 0) is 18.4 Å². The van der Waals surface area contributed by atoms with E-state index in [0.29, 0.717) is 5.95 Å². The summed E-state index contributed by atoms with van der Waals surface area (Å²) in [4.78, 5) is 11.4. The first-order valence-electron chi connectivity index (χ1n) is 5.23. The number of nitrogens with zero attached hydrogens (tertiary/aromatic N) is 3. The van der Waals surface area contributed by atoms with Crippen molar-refractivity contribution in [3.05, 3.63) is 11.4 Å². The molecule has 0 fully saturated rings. The van der Waals surface area contributed by atoms with Gasteiger partial charge in [0.15, 0.2) is 0 Å². The molecule has 1 atom stereocenters. The van der Waals surface area contributed by atoms with E-state index in [1.165, 1.54) is 11.3 Å². The number of aromatic nitrogens is 2. The topological polar surface area (TPSA) is 87.3 Å². The number of aliphatic hydroxyl groups excluding tert-OH is 1. The molecule has 2 rings (SSSR count). The van der Waals surface area contributed by atoms with Gasteiger partial charge in [0.25, 0.3) is 0 Å². The summed E-state index contributed by atoms with van der Waals surface area (Å²) in [5.41, 5.74) is 2.46. The fraction of sp³-hybridized carbons (Fsp3) is 0.400. The Morgan fingerprint density at radius 3 is 3.00 bits per heavy atom. The molecule has 0 aliphatic rings. The molecule has 0 radical (unpaired) electrons. The lowest BCUT2D eigenvalue weighted by molar-refractivity contribution is 0.270. The van der Waals surface area contributed by atoms with Crippen LogP contribution in [0.2, 0.25) is 0 Å². The highest BCUT2D eigenvalue weighted by Gasteiger charge is 2.16. The molecular weight excluding hydrogens is 238 g/mol. The third-order valence-corrected chi connectivity index (χ3v) is 3.50. The summed E-state index contributed by atoms with van der Waals surface area (Å²) in [6, 6.07) is 1.95. The van der Waals surface area contributed by atoms with Gasteiger partial charge in [0.1, 0.15) is 10.6 Å². The van der Waals surface area contributed by atoms with Crippen molar-refractivity contribution in [1.82, 2.24) is 9.97 Å². The molecule has 2 heterocycles. The number of likely N-dealkylation sites (N-methyl/N-ethyl adjacent to an activating group) is 1. The van der Waals surface area contributed by atoms with Gasteiger partial charge in [-0.1, -0.05) is 0 Å². The van der Waals surface area contributed by atoms with Gasteiger partial charge in [0.2, 0.25) is 5.95 Å². The number of hydrogen-bond acceptors (Lipinski definition) is 7. The zero-order valence-corrected chi connectivity index (χ0v) is 10.5. The third-order valence-electron chi connectivity index (χ3n) is 2.69. The highest BCUT2D eigenvalue weighted by atomic mass is 32.1. The van der Waals surface area contributed by atoms with Crippen LogP contribution < -0.4 is 16.2 Å². The van der Waals surface area contributed by atoms with Crippen molar-refractivity contribution in [3.63, 3.8) is 0 Å². The highest BCUT2D eigenvalue weighted by Crippen LogP contribution is 2.29. The smallest absolute Gasteiger partial charge is 0.240 e. The van der Waals surface area contributed by atoms with Crippen molar-refractivity contribution in [1.29, 1.82) is 0 Å². The number of anilines is 2. The number of hydrazine groups is 1. The molecule has 0 amide bonds. The lowest BCUT2D eigenvalue weighted by Crippen LogP contribution is -2.32. The number of hydrogen-bond donors (Lipinski definition) is 3. The van der Waals surface area contributed by atoms with Gasteiger partial charge in [-0.25, -0.2) is 10.8 Å². The largest absolute Gasteiger partial charge is 0.394 e. The number of aliphatic hydroxyl groups is 1. The summed E-state index contributed by atoms with van der Waals surface area (Å²) in [7, 11) is 1.89. The number of fused-ring (bicyclic) bond motifs is 1. The molecule has 7 heteroatoms. The second-order valence-electron chi connectivity index (χ2n) is 3.80. The van der Waals surface area contributed by atoms with Crippen molar-refractivity contribution in [3.8, 4) is 0 Å². The average Bonchev–Trinajstić information content (AvgIpc) is 2.83. The summed E-state index contributed by atoms with van der Waals surface area (Å²) in [6.45, 7) is 1.99. The maximum absolute atomic E-state index is 9.19. The van der Waals surface area contributed by atoms with Crippen molar-refractivity contribution in [2.75, 3.05) is 24.0 Å². The molecule has 0 spiro atoms. The van der Waals surface area contributed by atoms with Crippen LogP contribution in [0.3, 0.4) is 0 Å². The summed E-state index contributed by atoms with van der Waals surface area (Å²) < 4.78 is 0. The molecule has 4 N–H and O–H groups in total. The minimum Gasteiger partial charge on any atom is -0.394 e. The maximum Gasteiger partial charge on any atom is 0.240 e. The van der Waals surface area contributed by atoms with E-state index >= 15 is 0 Å². The van der Waals surface area contributed by atoms with Crippen LogP contribution in [0.25, 0.3) is 10.2 Å². The standard InChI is InChI=1S/C10H15N5OS/c1-6(5-16)15(2)8-7-3-4-17-9(7)13-10(12-8)14-11/h3-4,6,16H,5,11H2,1-2H3,(H,12,13,14). The SMILES string of the molecule is CC(CO)N(C)c1nc(NN)nc2sccc12. The average molecular weight is 253 g/mol. The van der Waals surface area contributed by atoms with E-state index in [0.717, 1.165) is 16.0 Å². The van der Waals surface area contributed by atoms with Crippen molar-refractivity contribution in [2.45, 2.75) is 13.0 Å². The molecule has 17 heavy (non-hydrogen) atoms. The minimum absolute atomic E-state index is 0.0152. The fourth-order valence-corrected chi connectivity index (χ4v) is 2.26. The van der Waals surface area contributed by atoms with Gasteiger partial charge in [-0.3, -0.25) is 5.43 Å².